The highest BCUT2D eigenvalue weighted by Crippen LogP contribution is 2.33. The minimum absolute atomic E-state index is 0.177. The molecule has 7 heteroatoms. The quantitative estimate of drug-likeness (QED) is 0.489. The van der Waals surface area contributed by atoms with Crippen LogP contribution in [0, 0.1) is 11.3 Å². The highest BCUT2D eigenvalue weighted by Gasteiger charge is 2.18. The minimum Gasteiger partial charge on any atom is -0.493 e. The number of hydrogen-bond acceptors (Lipinski definition) is 7. The molecule has 7 nitrogen and oxygen atoms in total. The van der Waals surface area contributed by atoms with Crippen LogP contribution in [0.1, 0.15) is 29.7 Å². The van der Waals surface area contributed by atoms with Gasteiger partial charge < -0.3 is 14.2 Å². The molecule has 0 saturated heterocycles. The van der Waals surface area contributed by atoms with Crippen LogP contribution >= 0.6 is 0 Å². The number of nitrogens with one attached hydrogen (secondary N) is 1. The van der Waals surface area contributed by atoms with Crippen LogP contribution in [0.4, 0.5) is 5.69 Å². The van der Waals surface area contributed by atoms with E-state index in [0.29, 0.717) is 29.5 Å². The molecule has 0 radical (unpaired) electrons. The van der Waals surface area contributed by atoms with Crippen molar-refractivity contribution in [3.05, 3.63) is 89.5 Å². The maximum atomic E-state index is 9.80. The Morgan fingerprint density at radius 3 is 2.47 bits per heavy atom. The topological polar surface area (TPSA) is 79.1 Å². The molecule has 3 aromatic rings. The third-order valence-corrected chi connectivity index (χ3v) is 5.47. The molecule has 1 aliphatic rings. The van der Waals surface area contributed by atoms with Gasteiger partial charge in [0.1, 0.15) is 24.6 Å². The molecular weight excluding hydrogens is 428 g/mol. The zero-order valence-corrected chi connectivity index (χ0v) is 19.4. The summed E-state index contributed by atoms with van der Waals surface area (Å²) in [5, 5.41) is 11.7. The normalized spacial score (nSPS) is 13.5. The molecular formula is C27H26N4O3. The number of nitriles is 1. The van der Waals surface area contributed by atoms with E-state index in [1.165, 1.54) is 0 Å². The molecule has 0 fully saturated rings. The number of benzene rings is 3. The van der Waals surface area contributed by atoms with E-state index in [4.69, 9.17) is 14.2 Å². The van der Waals surface area contributed by atoms with E-state index in [9.17, 15) is 5.26 Å². The highest BCUT2D eigenvalue weighted by atomic mass is 16.5. The van der Waals surface area contributed by atoms with Crippen molar-refractivity contribution >= 4 is 17.6 Å². The van der Waals surface area contributed by atoms with Gasteiger partial charge in [-0.1, -0.05) is 30.3 Å². The Hall–Kier alpha value is -4.44. The number of aliphatic imine (C=N–C) groups is 1. The first-order valence-electron chi connectivity index (χ1n) is 10.9. The lowest BCUT2D eigenvalue weighted by atomic mass is 10.1. The van der Waals surface area contributed by atoms with Gasteiger partial charge in [-0.2, -0.15) is 5.26 Å². The lowest BCUT2D eigenvalue weighted by Crippen LogP contribution is -2.30. The Morgan fingerprint density at radius 1 is 0.971 bits per heavy atom. The molecule has 4 rings (SSSR count). The third kappa shape index (κ3) is 4.97. The van der Waals surface area contributed by atoms with Gasteiger partial charge in [0, 0.05) is 17.8 Å². The second-order valence-electron chi connectivity index (χ2n) is 7.63. The minimum atomic E-state index is -0.177. The molecule has 34 heavy (non-hydrogen) atoms. The van der Waals surface area contributed by atoms with Crippen LogP contribution in [0.2, 0.25) is 0 Å². The molecule has 1 aliphatic heterocycles. The molecule has 1 atom stereocenters. The van der Waals surface area contributed by atoms with Crippen LogP contribution in [0.15, 0.2) is 77.8 Å². The summed E-state index contributed by atoms with van der Waals surface area (Å²) in [6, 6.07) is 23.4. The molecule has 0 saturated carbocycles. The first-order valence-corrected chi connectivity index (χ1v) is 10.9. The molecule has 0 bridgehead atoms. The summed E-state index contributed by atoms with van der Waals surface area (Å²) in [6.07, 6.45) is 3.49. The Bertz CT molecular complexity index is 1250. The van der Waals surface area contributed by atoms with Gasteiger partial charge in [-0.25, -0.2) is 0 Å². The predicted octanol–water partition coefficient (Wildman–Crippen LogP) is 5.43. The highest BCUT2D eigenvalue weighted by molar-refractivity contribution is 5.86. The average molecular weight is 455 g/mol. The van der Waals surface area contributed by atoms with Crippen LogP contribution < -0.4 is 19.6 Å². The second-order valence-corrected chi connectivity index (χ2v) is 7.63. The van der Waals surface area contributed by atoms with E-state index in [-0.39, 0.29) is 6.10 Å². The van der Waals surface area contributed by atoms with Crippen molar-refractivity contribution in [1.29, 1.82) is 5.26 Å². The van der Waals surface area contributed by atoms with Crippen molar-refractivity contribution in [3.8, 4) is 23.3 Å². The van der Waals surface area contributed by atoms with Crippen LogP contribution in [0.25, 0.3) is 5.70 Å². The van der Waals surface area contributed by atoms with Crippen molar-refractivity contribution in [2.24, 2.45) is 4.99 Å². The molecule has 0 amide bonds. The van der Waals surface area contributed by atoms with Crippen molar-refractivity contribution < 1.29 is 14.2 Å². The van der Waals surface area contributed by atoms with Crippen LogP contribution in [0.5, 0.6) is 17.2 Å². The Labute approximate surface area is 199 Å². The SMILES string of the molecule is COc1ccc(NN2CN=CC=C2c2ccc(OC(C)c3ccccc3)c(C#N)c2)cc1OC. The first-order chi connectivity index (χ1) is 16.6. The van der Waals surface area contributed by atoms with Crippen LogP contribution in [-0.2, 0) is 0 Å². The van der Waals surface area contributed by atoms with Gasteiger partial charge in [0.25, 0.3) is 0 Å². The number of hydrogen-bond donors (Lipinski definition) is 1. The predicted molar refractivity (Wildman–Crippen MR) is 133 cm³/mol. The van der Waals surface area contributed by atoms with E-state index < -0.39 is 0 Å². The Morgan fingerprint density at radius 2 is 1.74 bits per heavy atom. The number of methoxy groups -OCH3 is 2. The molecule has 1 unspecified atom stereocenters. The number of anilines is 1. The molecule has 0 aliphatic carbocycles. The molecule has 1 heterocycles. The third-order valence-electron chi connectivity index (χ3n) is 5.47. The average Bonchev–Trinajstić information content (AvgIpc) is 2.89. The van der Waals surface area contributed by atoms with E-state index in [1.54, 1.807) is 20.4 Å². The fourth-order valence-electron chi connectivity index (χ4n) is 3.69. The Balaban J connectivity index is 1.57. The zero-order chi connectivity index (χ0) is 23.9. The molecule has 0 spiro atoms. The number of hydrazine groups is 1. The van der Waals surface area contributed by atoms with Gasteiger partial charge in [-0.3, -0.25) is 15.4 Å². The van der Waals surface area contributed by atoms with Gasteiger partial charge in [-0.15, -0.1) is 0 Å². The number of ether oxygens (including phenoxy) is 3. The molecule has 0 aromatic heterocycles. The first kappa shape index (κ1) is 22.7. The van der Waals surface area contributed by atoms with Gasteiger partial charge >= 0.3 is 0 Å². The van der Waals surface area contributed by atoms with Crippen molar-refractivity contribution in [3.63, 3.8) is 0 Å². The Kier molecular flexibility index (Phi) is 6.99. The number of rotatable bonds is 8. The fraction of sp³-hybridized carbons (Fsp3) is 0.185. The van der Waals surface area contributed by atoms with E-state index in [0.717, 1.165) is 22.5 Å². The van der Waals surface area contributed by atoms with E-state index in [2.05, 4.69) is 16.5 Å². The fourth-order valence-corrected chi connectivity index (χ4v) is 3.69. The smallest absolute Gasteiger partial charge is 0.162 e. The summed E-state index contributed by atoms with van der Waals surface area (Å²) < 4.78 is 16.8. The second kappa shape index (κ2) is 10.5. The summed E-state index contributed by atoms with van der Waals surface area (Å²) >= 11 is 0. The van der Waals surface area contributed by atoms with Crippen molar-refractivity contribution in [2.75, 3.05) is 26.3 Å². The maximum Gasteiger partial charge on any atom is 0.162 e. The van der Waals surface area contributed by atoms with E-state index >= 15 is 0 Å². The number of allylic oxidation sites excluding steroid dienone is 1. The van der Waals surface area contributed by atoms with Crippen LogP contribution in [-0.4, -0.2) is 32.1 Å². The van der Waals surface area contributed by atoms with Crippen molar-refractivity contribution in [1.82, 2.24) is 5.01 Å². The summed E-state index contributed by atoms with van der Waals surface area (Å²) in [5.74, 6) is 1.82. The van der Waals surface area contributed by atoms with E-state index in [1.807, 2.05) is 84.7 Å². The largest absolute Gasteiger partial charge is 0.493 e. The van der Waals surface area contributed by atoms with Gasteiger partial charge in [0.2, 0.25) is 0 Å². The molecule has 172 valence electrons. The monoisotopic (exact) mass is 454 g/mol. The lowest BCUT2D eigenvalue weighted by molar-refractivity contribution is 0.226. The van der Waals surface area contributed by atoms with Gasteiger partial charge in [-0.05, 0) is 48.9 Å². The molecule has 1 N–H and O–H groups in total. The summed E-state index contributed by atoms with van der Waals surface area (Å²) in [4.78, 5) is 4.36. The summed E-state index contributed by atoms with van der Waals surface area (Å²) in [6.45, 7) is 2.38. The van der Waals surface area contributed by atoms with Crippen LogP contribution in [0.3, 0.4) is 0 Å². The number of nitrogens with zero attached hydrogens (tertiary/aromatic N) is 3. The van der Waals surface area contributed by atoms with Crippen molar-refractivity contribution in [2.45, 2.75) is 13.0 Å². The zero-order valence-electron chi connectivity index (χ0n) is 19.4. The lowest BCUT2D eigenvalue weighted by Gasteiger charge is -2.29. The summed E-state index contributed by atoms with van der Waals surface area (Å²) in [5.41, 5.74) is 7.45. The standard InChI is InChI=1S/C27H26N4O3/c1-19(20-7-5-4-6-8-20)34-25-11-9-21(15-22(25)17-28)24-13-14-29-18-31(24)30-23-10-12-26(32-2)27(16-23)33-3/h4-16,19,30H,18H2,1-3H3. The maximum absolute atomic E-state index is 9.80. The molecule has 3 aromatic carbocycles. The van der Waals surface area contributed by atoms with Gasteiger partial charge in [0.15, 0.2) is 11.5 Å². The summed E-state index contributed by atoms with van der Waals surface area (Å²) in [7, 11) is 3.20. The van der Waals surface area contributed by atoms with Gasteiger partial charge in [0.05, 0.1) is 31.2 Å².